The maximum Gasteiger partial charge on any atom is 0.267 e. The second-order valence-corrected chi connectivity index (χ2v) is 8.49. The normalized spacial score (nSPS) is 16.2. The van der Waals surface area contributed by atoms with Crippen LogP contribution in [0, 0.1) is 0 Å². The minimum Gasteiger partial charge on any atom is -0.467 e. The Hall–Kier alpha value is -4.23. The van der Waals surface area contributed by atoms with Crippen molar-refractivity contribution in [1.29, 1.82) is 0 Å². The summed E-state index contributed by atoms with van der Waals surface area (Å²) in [5.74, 6) is 0.537. The predicted octanol–water partition coefficient (Wildman–Crippen LogP) is 5.85. The van der Waals surface area contributed by atoms with Crippen LogP contribution in [-0.2, 0) is 11.3 Å². The number of benzene rings is 2. The van der Waals surface area contributed by atoms with Gasteiger partial charge in [-0.15, -0.1) is 5.10 Å². The Kier molecular flexibility index (Phi) is 6.45. The van der Waals surface area contributed by atoms with Crippen molar-refractivity contribution in [2.45, 2.75) is 6.54 Å². The van der Waals surface area contributed by atoms with Gasteiger partial charge in [0.15, 0.2) is 5.17 Å². The Morgan fingerprint density at radius 1 is 0.912 bits per heavy atom. The fourth-order valence-electron chi connectivity index (χ4n) is 3.43. The molecule has 5 rings (SSSR count). The van der Waals surface area contributed by atoms with E-state index in [1.165, 1.54) is 11.8 Å². The molecule has 4 aromatic rings. The number of amidine groups is 1. The van der Waals surface area contributed by atoms with Crippen molar-refractivity contribution in [2.24, 2.45) is 10.2 Å². The van der Waals surface area contributed by atoms with Crippen molar-refractivity contribution in [3.63, 3.8) is 0 Å². The van der Waals surface area contributed by atoms with E-state index in [9.17, 15) is 4.79 Å². The second-order valence-electron chi connectivity index (χ2n) is 7.48. The van der Waals surface area contributed by atoms with Crippen LogP contribution in [-0.4, -0.2) is 27.2 Å². The van der Waals surface area contributed by atoms with Crippen molar-refractivity contribution in [3.8, 4) is 11.1 Å². The lowest BCUT2D eigenvalue weighted by atomic mass is 10.0. The van der Waals surface area contributed by atoms with Gasteiger partial charge in [0.05, 0.1) is 23.9 Å². The third-order valence-corrected chi connectivity index (χ3v) is 6.13. The van der Waals surface area contributed by atoms with Crippen molar-refractivity contribution >= 4 is 35.1 Å². The van der Waals surface area contributed by atoms with Gasteiger partial charge < -0.3 is 4.42 Å². The molecule has 0 saturated carbocycles. The lowest BCUT2D eigenvalue weighted by Crippen LogP contribution is -2.28. The molecule has 1 fully saturated rings. The summed E-state index contributed by atoms with van der Waals surface area (Å²) in [6, 6.07) is 25.7. The van der Waals surface area contributed by atoms with Gasteiger partial charge in [-0.1, -0.05) is 60.7 Å². The number of aromatic nitrogens is 1. The number of thioether (sulfide) groups is 1. The lowest BCUT2D eigenvalue weighted by molar-refractivity contribution is -0.122. The van der Waals surface area contributed by atoms with E-state index in [1.807, 2.05) is 54.6 Å². The quantitative estimate of drug-likeness (QED) is 0.204. The number of hydrogen-bond donors (Lipinski definition) is 0. The molecule has 1 aliphatic rings. The van der Waals surface area contributed by atoms with E-state index in [0.29, 0.717) is 15.8 Å². The molecular formula is C27H20N4O2S. The van der Waals surface area contributed by atoms with Gasteiger partial charge in [-0.2, -0.15) is 5.10 Å². The number of carbonyl (C=O) groups is 1. The summed E-state index contributed by atoms with van der Waals surface area (Å²) in [6.07, 6.45) is 8.47. The van der Waals surface area contributed by atoms with E-state index in [0.717, 1.165) is 22.3 Å². The van der Waals surface area contributed by atoms with E-state index >= 15 is 0 Å². The number of carbonyl (C=O) groups excluding carboxylic acids is 1. The van der Waals surface area contributed by atoms with E-state index < -0.39 is 0 Å². The molecule has 34 heavy (non-hydrogen) atoms. The Morgan fingerprint density at radius 2 is 1.74 bits per heavy atom. The Balaban J connectivity index is 1.40. The third kappa shape index (κ3) is 5.05. The van der Waals surface area contributed by atoms with Gasteiger partial charge in [-0.3, -0.25) is 14.7 Å². The molecule has 1 aliphatic heterocycles. The van der Waals surface area contributed by atoms with Gasteiger partial charge in [0, 0.05) is 18.0 Å². The van der Waals surface area contributed by atoms with Crippen LogP contribution in [0.4, 0.5) is 0 Å². The van der Waals surface area contributed by atoms with Gasteiger partial charge in [-0.25, -0.2) is 0 Å². The van der Waals surface area contributed by atoms with E-state index in [-0.39, 0.29) is 12.5 Å². The van der Waals surface area contributed by atoms with Crippen molar-refractivity contribution in [3.05, 3.63) is 119 Å². The molecule has 1 amide bonds. The highest BCUT2D eigenvalue weighted by molar-refractivity contribution is 8.18. The minimum atomic E-state index is -0.135. The zero-order chi connectivity index (χ0) is 23.2. The third-order valence-electron chi connectivity index (χ3n) is 5.13. The van der Waals surface area contributed by atoms with Crippen molar-refractivity contribution in [1.82, 2.24) is 9.88 Å². The highest BCUT2D eigenvalue weighted by atomic mass is 32.2. The summed E-state index contributed by atoms with van der Waals surface area (Å²) >= 11 is 1.30. The molecule has 0 atom stereocenters. The molecule has 166 valence electrons. The standard InChI is InChI=1S/C27H20N4O2S/c32-26-25(16-20-10-12-23(13-11-20)22-7-2-1-3-8-22)34-27(31(26)19-24-9-5-15-33-24)30-29-18-21-6-4-14-28-17-21/h1-18H,19H2/b25-16-,29-18-,30-27+. The van der Waals surface area contributed by atoms with Crippen LogP contribution in [0.3, 0.4) is 0 Å². The first-order chi connectivity index (χ1) is 16.8. The highest BCUT2D eigenvalue weighted by Crippen LogP contribution is 2.34. The van der Waals surface area contributed by atoms with Crippen LogP contribution in [0.2, 0.25) is 0 Å². The molecular weight excluding hydrogens is 444 g/mol. The smallest absolute Gasteiger partial charge is 0.267 e. The highest BCUT2D eigenvalue weighted by Gasteiger charge is 2.34. The number of pyridine rings is 1. The first-order valence-electron chi connectivity index (χ1n) is 10.7. The molecule has 0 N–H and O–H groups in total. The first kappa shape index (κ1) is 21.6. The summed E-state index contributed by atoms with van der Waals surface area (Å²) in [7, 11) is 0. The largest absolute Gasteiger partial charge is 0.467 e. The first-order valence-corrected chi connectivity index (χ1v) is 11.5. The van der Waals surface area contributed by atoms with Crippen LogP contribution >= 0.6 is 11.8 Å². The Labute approximate surface area is 201 Å². The van der Waals surface area contributed by atoms with Gasteiger partial charge in [-0.05, 0) is 52.7 Å². The van der Waals surface area contributed by atoms with Crippen molar-refractivity contribution in [2.75, 3.05) is 0 Å². The van der Waals surface area contributed by atoms with Crippen LogP contribution in [0.25, 0.3) is 17.2 Å². The molecule has 3 heterocycles. The van der Waals surface area contributed by atoms with Gasteiger partial charge in [0.25, 0.3) is 5.91 Å². The number of nitrogens with zero attached hydrogens (tertiary/aromatic N) is 4. The van der Waals surface area contributed by atoms with Crippen LogP contribution < -0.4 is 0 Å². The average Bonchev–Trinajstić information content (AvgIpc) is 3.50. The zero-order valence-corrected chi connectivity index (χ0v) is 18.9. The SMILES string of the molecule is O=C1/C(=C/c2ccc(-c3ccccc3)cc2)S/C(=N/N=C\c2cccnc2)N1Cc1ccco1. The van der Waals surface area contributed by atoms with E-state index in [1.54, 1.807) is 35.8 Å². The average molecular weight is 465 g/mol. The number of hydrogen-bond acceptors (Lipinski definition) is 6. The molecule has 0 unspecified atom stereocenters. The Morgan fingerprint density at radius 3 is 2.47 bits per heavy atom. The summed E-state index contributed by atoms with van der Waals surface area (Å²) in [5, 5.41) is 8.99. The van der Waals surface area contributed by atoms with E-state index in [4.69, 9.17) is 4.42 Å². The summed E-state index contributed by atoms with van der Waals surface area (Å²) in [6.45, 7) is 0.282. The Bertz CT molecular complexity index is 1350. The number of furan rings is 1. The predicted molar refractivity (Wildman–Crippen MR) is 136 cm³/mol. The minimum absolute atomic E-state index is 0.135. The molecule has 0 radical (unpaired) electrons. The molecule has 0 aliphatic carbocycles. The topological polar surface area (TPSA) is 71.1 Å². The lowest BCUT2D eigenvalue weighted by Gasteiger charge is -2.12. The molecule has 7 heteroatoms. The molecule has 0 spiro atoms. The van der Waals surface area contributed by atoms with Gasteiger partial charge in [0.1, 0.15) is 5.76 Å². The molecule has 6 nitrogen and oxygen atoms in total. The summed E-state index contributed by atoms with van der Waals surface area (Å²) in [4.78, 5) is 19.4. The number of amides is 1. The van der Waals surface area contributed by atoms with E-state index in [2.05, 4.69) is 39.5 Å². The maximum absolute atomic E-state index is 13.2. The fraction of sp³-hybridized carbons (Fsp3) is 0.0370. The maximum atomic E-state index is 13.2. The molecule has 1 saturated heterocycles. The van der Waals surface area contributed by atoms with Gasteiger partial charge >= 0.3 is 0 Å². The molecule has 2 aromatic heterocycles. The second kappa shape index (κ2) is 10.1. The molecule has 0 bridgehead atoms. The van der Waals surface area contributed by atoms with Crippen LogP contribution in [0.1, 0.15) is 16.9 Å². The van der Waals surface area contributed by atoms with Crippen LogP contribution in [0.5, 0.6) is 0 Å². The monoisotopic (exact) mass is 464 g/mol. The summed E-state index contributed by atoms with van der Waals surface area (Å²) < 4.78 is 5.45. The number of rotatable bonds is 6. The van der Waals surface area contributed by atoms with Crippen LogP contribution in [0.15, 0.2) is 117 Å². The van der Waals surface area contributed by atoms with Crippen molar-refractivity contribution < 1.29 is 9.21 Å². The summed E-state index contributed by atoms with van der Waals surface area (Å²) in [5.41, 5.74) is 4.04. The van der Waals surface area contributed by atoms with Gasteiger partial charge in [0.2, 0.25) is 0 Å². The fourth-order valence-corrected chi connectivity index (χ4v) is 4.37. The molecule has 2 aromatic carbocycles. The zero-order valence-electron chi connectivity index (χ0n) is 18.1.